The minimum absolute atomic E-state index is 0.0733. The lowest BCUT2D eigenvalue weighted by molar-refractivity contribution is -0.141. The summed E-state index contributed by atoms with van der Waals surface area (Å²) in [5, 5.41) is 5.09. The van der Waals surface area contributed by atoms with E-state index in [1.54, 1.807) is 43.2 Å². The van der Waals surface area contributed by atoms with Gasteiger partial charge < -0.3 is 25.0 Å². The molecule has 0 spiro atoms. The first-order chi connectivity index (χ1) is 11.5. The Bertz CT molecular complexity index is 602. The van der Waals surface area contributed by atoms with Crippen LogP contribution < -0.4 is 20.3 Å². The van der Waals surface area contributed by atoms with Crippen LogP contribution in [0.3, 0.4) is 0 Å². The van der Waals surface area contributed by atoms with Crippen molar-refractivity contribution >= 4 is 23.6 Å². The van der Waals surface area contributed by atoms with Gasteiger partial charge in [-0.2, -0.15) is 0 Å². The van der Waals surface area contributed by atoms with E-state index in [-0.39, 0.29) is 31.5 Å². The van der Waals surface area contributed by atoms with E-state index < -0.39 is 12.0 Å². The lowest BCUT2D eigenvalue weighted by Crippen LogP contribution is -2.45. The molecule has 1 aromatic carbocycles. The molecule has 0 saturated carbocycles. The van der Waals surface area contributed by atoms with Crippen LogP contribution in [0, 0.1) is 0 Å². The highest BCUT2D eigenvalue weighted by Gasteiger charge is 2.31. The minimum atomic E-state index is -0.505. The molecule has 1 fully saturated rings. The number of nitrogens with zero attached hydrogens (tertiary/aromatic N) is 1. The van der Waals surface area contributed by atoms with Crippen molar-refractivity contribution in [2.45, 2.75) is 19.4 Å². The molecule has 0 radical (unpaired) electrons. The molecule has 0 aliphatic carbocycles. The number of carbonyl (C=O) groups is 3. The van der Waals surface area contributed by atoms with Crippen LogP contribution in [0.4, 0.5) is 10.5 Å². The second-order valence-electron chi connectivity index (χ2n) is 5.24. The molecule has 1 atom stereocenters. The van der Waals surface area contributed by atoms with Gasteiger partial charge in [0.25, 0.3) is 0 Å². The maximum absolute atomic E-state index is 12.1. The first-order valence-corrected chi connectivity index (χ1v) is 7.68. The summed E-state index contributed by atoms with van der Waals surface area (Å²) in [6, 6.07) is 6.31. The number of hydrogen-bond acceptors (Lipinski definition) is 5. The largest absolute Gasteiger partial charge is 0.497 e. The molecular weight excluding hydrogens is 314 g/mol. The maximum Gasteiger partial charge on any atom is 0.325 e. The summed E-state index contributed by atoms with van der Waals surface area (Å²) in [7, 11) is 1.57. The van der Waals surface area contributed by atoms with Crippen LogP contribution in [0.5, 0.6) is 5.75 Å². The highest BCUT2D eigenvalue weighted by Crippen LogP contribution is 2.24. The SMILES string of the molecule is CCOC(=O)CNC(=O)NC1CC(=O)N(c2ccc(OC)cc2)C1. The van der Waals surface area contributed by atoms with Gasteiger partial charge in [0.15, 0.2) is 0 Å². The lowest BCUT2D eigenvalue weighted by Gasteiger charge is -2.17. The summed E-state index contributed by atoms with van der Waals surface area (Å²) in [6.07, 6.45) is 0.207. The van der Waals surface area contributed by atoms with Crippen molar-refractivity contribution in [3.63, 3.8) is 0 Å². The minimum Gasteiger partial charge on any atom is -0.497 e. The highest BCUT2D eigenvalue weighted by atomic mass is 16.5. The predicted molar refractivity (Wildman–Crippen MR) is 86.9 cm³/mol. The third-order valence-electron chi connectivity index (χ3n) is 3.54. The molecule has 0 aromatic heterocycles. The molecule has 2 rings (SSSR count). The van der Waals surface area contributed by atoms with Gasteiger partial charge in [-0.1, -0.05) is 0 Å². The number of urea groups is 1. The number of anilines is 1. The number of hydrogen-bond donors (Lipinski definition) is 2. The fourth-order valence-corrected chi connectivity index (χ4v) is 2.42. The average molecular weight is 335 g/mol. The van der Waals surface area contributed by atoms with Gasteiger partial charge in [-0.3, -0.25) is 9.59 Å². The molecule has 1 saturated heterocycles. The Labute approximate surface area is 140 Å². The fraction of sp³-hybridized carbons (Fsp3) is 0.438. The fourth-order valence-electron chi connectivity index (χ4n) is 2.42. The Balaban J connectivity index is 1.85. The molecule has 0 bridgehead atoms. The first kappa shape index (κ1) is 17.6. The summed E-state index contributed by atoms with van der Waals surface area (Å²) in [5.41, 5.74) is 0.747. The van der Waals surface area contributed by atoms with E-state index in [1.165, 1.54) is 0 Å². The van der Waals surface area contributed by atoms with Gasteiger partial charge in [0.05, 0.1) is 19.8 Å². The Hall–Kier alpha value is -2.77. The van der Waals surface area contributed by atoms with Gasteiger partial charge in [-0.05, 0) is 31.2 Å². The lowest BCUT2D eigenvalue weighted by atomic mass is 10.2. The van der Waals surface area contributed by atoms with E-state index in [0.29, 0.717) is 12.3 Å². The molecule has 2 N–H and O–H groups in total. The van der Waals surface area contributed by atoms with Gasteiger partial charge >= 0.3 is 12.0 Å². The van der Waals surface area contributed by atoms with Crippen molar-refractivity contribution in [1.82, 2.24) is 10.6 Å². The normalized spacial score (nSPS) is 16.7. The molecular formula is C16H21N3O5. The zero-order valence-corrected chi connectivity index (χ0v) is 13.7. The third kappa shape index (κ3) is 4.61. The van der Waals surface area contributed by atoms with Crippen LogP contribution in [-0.4, -0.2) is 50.8 Å². The molecule has 1 aromatic rings. The van der Waals surface area contributed by atoms with E-state index in [1.807, 2.05) is 0 Å². The Morgan fingerprint density at radius 1 is 1.29 bits per heavy atom. The summed E-state index contributed by atoms with van der Waals surface area (Å²) < 4.78 is 9.81. The summed E-state index contributed by atoms with van der Waals surface area (Å²) in [4.78, 5) is 36.7. The molecule has 1 unspecified atom stereocenters. The summed E-state index contributed by atoms with van der Waals surface area (Å²) in [6.45, 7) is 2.12. The molecule has 24 heavy (non-hydrogen) atoms. The van der Waals surface area contributed by atoms with Crippen LogP contribution in [0.1, 0.15) is 13.3 Å². The topological polar surface area (TPSA) is 97.0 Å². The van der Waals surface area contributed by atoms with E-state index in [9.17, 15) is 14.4 Å². The van der Waals surface area contributed by atoms with Crippen molar-refractivity contribution in [3.05, 3.63) is 24.3 Å². The van der Waals surface area contributed by atoms with Crippen molar-refractivity contribution in [2.24, 2.45) is 0 Å². The number of carbonyl (C=O) groups excluding carboxylic acids is 3. The summed E-state index contributed by atoms with van der Waals surface area (Å²) in [5.74, 6) is 0.129. The Kier molecular flexibility index (Phi) is 6.00. The van der Waals surface area contributed by atoms with Gasteiger partial charge in [0, 0.05) is 18.7 Å². The zero-order valence-electron chi connectivity index (χ0n) is 13.7. The molecule has 8 nitrogen and oxygen atoms in total. The van der Waals surface area contributed by atoms with Crippen LogP contribution in [0.15, 0.2) is 24.3 Å². The van der Waals surface area contributed by atoms with Crippen molar-refractivity contribution in [2.75, 3.05) is 31.7 Å². The van der Waals surface area contributed by atoms with E-state index in [2.05, 4.69) is 10.6 Å². The number of nitrogens with one attached hydrogen (secondary N) is 2. The predicted octanol–water partition coefficient (Wildman–Crippen LogP) is 0.663. The van der Waals surface area contributed by atoms with E-state index in [4.69, 9.17) is 9.47 Å². The van der Waals surface area contributed by atoms with E-state index >= 15 is 0 Å². The maximum atomic E-state index is 12.1. The zero-order chi connectivity index (χ0) is 17.5. The van der Waals surface area contributed by atoms with Crippen LogP contribution in [0.2, 0.25) is 0 Å². The number of esters is 1. The van der Waals surface area contributed by atoms with Gasteiger partial charge in [-0.25, -0.2) is 4.79 Å². The molecule has 8 heteroatoms. The third-order valence-corrected chi connectivity index (χ3v) is 3.54. The average Bonchev–Trinajstić information content (AvgIpc) is 2.93. The quantitative estimate of drug-likeness (QED) is 0.745. The molecule has 130 valence electrons. The highest BCUT2D eigenvalue weighted by molar-refractivity contribution is 5.96. The Morgan fingerprint density at radius 3 is 2.62 bits per heavy atom. The monoisotopic (exact) mass is 335 g/mol. The van der Waals surface area contributed by atoms with Gasteiger partial charge in [0.2, 0.25) is 5.91 Å². The molecule has 3 amide bonds. The first-order valence-electron chi connectivity index (χ1n) is 7.68. The number of ether oxygens (including phenoxy) is 2. The smallest absolute Gasteiger partial charge is 0.325 e. The number of rotatable bonds is 6. The van der Waals surface area contributed by atoms with Crippen molar-refractivity contribution in [1.29, 1.82) is 0 Å². The van der Waals surface area contributed by atoms with Crippen molar-refractivity contribution < 1.29 is 23.9 Å². The summed E-state index contributed by atoms with van der Waals surface area (Å²) >= 11 is 0. The van der Waals surface area contributed by atoms with Crippen LogP contribution in [-0.2, 0) is 14.3 Å². The van der Waals surface area contributed by atoms with Gasteiger partial charge in [-0.15, -0.1) is 0 Å². The Morgan fingerprint density at radius 2 is 2.00 bits per heavy atom. The second-order valence-corrected chi connectivity index (χ2v) is 5.24. The molecule has 1 heterocycles. The van der Waals surface area contributed by atoms with Gasteiger partial charge in [0.1, 0.15) is 12.3 Å². The molecule has 1 aliphatic heterocycles. The number of amides is 3. The second kappa shape index (κ2) is 8.19. The standard InChI is InChI=1S/C16H21N3O5/c1-3-24-15(21)9-17-16(22)18-11-8-14(20)19(10-11)12-4-6-13(23-2)7-5-12/h4-7,11H,3,8-10H2,1-2H3,(H2,17,18,22). The number of benzene rings is 1. The van der Waals surface area contributed by atoms with E-state index in [0.717, 1.165) is 5.69 Å². The molecule has 1 aliphatic rings. The van der Waals surface area contributed by atoms with Crippen LogP contribution in [0.25, 0.3) is 0 Å². The number of methoxy groups -OCH3 is 1. The van der Waals surface area contributed by atoms with Crippen molar-refractivity contribution in [3.8, 4) is 5.75 Å². The van der Waals surface area contributed by atoms with Crippen LogP contribution >= 0.6 is 0 Å².